The maximum Gasteiger partial charge on any atom is 0.0722 e. The lowest BCUT2D eigenvalue weighted by Crippen LogP contribution is -2.09. The monoisotopic (exact) mass is 152 g/mol. The highest BCUT2D eigenvalue weighted by atomic mass is 16.6. The first-order valence-corrected chi connectivity index (χ1v) is 3.61. The van der Waals surface area contributed by atoms with E-state index >= 15 is 0 Å². The summed E-state index contributed by atoms with van der Waals surface area (Å²) in [6, 6.07) is 3.96. The van der Waals surface area contributed by atoms with Gasteiger partial charge in [0.25, 0.3) is 0 Å². The van der Waals surface area contributed by atoms with Crippen LogP contribution in [0.5, 0.6) is 0 Å². The molecule has 3 heteroatoms. The van der Waals surface area contributed by atoms with E-state index in [1.165, 1.54) is 5.56 Å². The minimum atomic E-state index is 0.683. The summed E-state index contributed by atoms with van der Waals surface area (Å²) in [7, 11) is 1.75. The fraction of sp³-hybridized carbons (Fsp3) is 0.375. The summed E-state index contributed by atoms with van der Waals surface area (Å²) < 4.78 is 0. The van der Waals surface area contributed by atoms with Gasteiger partial charge in [0.1, 0.15) is 0 Å². The smallest absolute Gasteiger partial charge is 0.0722 e. The van der Waals surface area contributed by atoms with Gasteiger partial charge < -0.3 is 4.84 Å². The fourth-order valence-corrected chi connectivity index (χ4v) is 0.817. The molecule has 1 N–H and O–H groups in total. The first-order chi connectivity index (χ1) is 5.43. The minimum absolute atomic E-state index is 0.683. The molecular weight excluding hydrogens is 140 g/mol. The second-order valence-corrected chi connectivity index (χ2v) is 2.16. The number of nitrogens with zero attached hydrogens (tertiary/aromatic N) is 1. The Bertz CT molecular complexity index is 189. The van der Waals surface area contributed by atoms with Crippen LogP contribution in [0.25, 0.3) is 0 Å². The second kappa shape index (κ2) is 4.82. The van der Waals surface area contributed by atoms with Gasteiger partial charge in [-0.1, -0.05) is 6.07 Å². The fourth-order valence-electron chi connectivity index (χ4n) is 0.817. The van der Waals surface area contributed by atoms with Crippen molar-refractivity contribution in [1.29, 1.82) is 0 Å². The molecule has 60 valence electrons. The van der Waals surface area contributed by atoms with Gasteiger partial charge in [-0.3, -0.25) is 4.98 Å². The van der Waals surface area contributed by atoms with Crippen molar-refractivity contribution < 1.29 is 4.84 Å². The van der Waals surface area contributed by atoms with Gasteiger partial charge in [-0.05, 0) is 18.1 Å². The van der Waals surface area contributed by atoms with Crippen LogP contribution in [0.3, 0.4) is 0 Å². The Morgan fingerprint density at radius 2 is 2.55 bits per heavy atom. The molecular formula is C8H12N2O. The van der Waals surface area contributed by atoms with E-state index in [1.54, 1.807) is 13.2 Å². The molecule has 0 amide bonds. The van der Waals surface area contributed by atoms with Crippen molar-refractivity contribution in [2.24, 2.45) is 0 Å². The van der Waals surface area contributed by atoms with E-state index in [-0.39, 0.29) is 0 Å². The molecule has 0 bridgehead atoms. The molecule has 0 unspecified atom stereocenters. The Morgan fingerprint density at radius 1 is 1.64 bits per heavy atom. The average molecular weight is 152 g/mol. The number of nitrogens with one attached hydrogen (secondary N) is 1. The van der Waals surface area contributed by atoms with Gasteiger partial charge in [0.15, 0.2) is 0 Å². The van der Waals surface area contributed by atoms with E-state index in [1.807, 2.05) is 18.3 Å². The molecule has 0 aliphatic heterocycles. The largest absolute Gasteiger partial charge is 0.302 e. The van der Waals surface area contributed by atoms with Crippen molar-refractivity contribution in [3.05, 3.63) is 30.1 Å². The molecule has 0 aliphatic rings. The Hall–Kier alpha value is -0.930. The summed E-state index contributed by atoms with van der Waals surface area (Å²) in [6.07, 6.45) is 4.51. The third-order valence-electron chi connectivity index (χ3n) is 1.36. The topological polar surface area (TPSA) is 34.1 Å². The van der Waals surface area contributed by atoms with Crippen LogP contribution in [0.2, 0.25) is 0 Å². The molecule has 0 saturated heterocycles. The number of aromatic nitrogens is 1. The zero-order valence-electron chi connectivity index (χ0n) is 6.58. The predicted molar refractivity (Wildman–Crippen MR) is 43.0 cm³/mol. The molecule has 0 radical (unpaired) electrons. The maximum atomic E-state index is 4.96. The normalized spacial score (nSPS) is 9.91. The molecule has 3 nitrogen and oxygen atoms in total. The zero-order chi connectivity index (χ0) is 7.94. The Labute approximate surface area is 66.4 Å². The van der Waals surface area contributed by atoms with Gasteiger partial charge in [-0.2, -0.15) is 0 Å². The molecule has 1 aromatic rings. The maximum absolute atomic E-state index is 4.96. The van der Waals surface area contributed by atoms with Crippen molar-refractivity contribution >= 4 is 0 Å². The standard InChI is InChI=1S/C8H12N2O/c1-9-11-6-4-8-3-2-5-10-7-8/h2-3,5,7,9H,4,6H2,1H3. The Balaban J connectivity index is 2.28. The molecule has 11 heavy (non-hydrogen) atoms. The summed E-state index contributed by atoms with van der Waals surface area (Å²) in [5.74, 6) is 0. The SMILES string of the molecule is CNOCCc1cccnc1. The number of hydrogen-bond donors (Lipinski definition) is 1. The molecule has 1 rings (SSSR count). The van der Waals surface area contributed by atoms with Crippen LogP contribution in [0.1, 0.15) is 5.56 Å². The summed E-state index contributed by atoms with van der Waals surface area (Å²) in [4.78, 5) is 8.95. The van der Waals surface area contributed by atoms with Gasteiger partial charge in [-0.15, -0.1) is 0 Å². The molecule has 0 saturated carbocycles. The van der Waals surface area contributed by atoms with Gasteiger partial charge in [0, 0.05) is 19.4 Å². The first-order valence-electron chi connectivity index (χ1n) is 3.61. The van der Waals surface area contributed by atoms with E-state index in [9.17, 15) is 0 Å². The lowest BCUT2D eigenvalue weighted by Gasteiger charge is -1.99. The first kappa shape index (κ1) is 8.17. The van der Waals surface area contributed by atoms with Crippen LogP contribution in [-0.2, 0) is 11.3 Å². The Morgan fingerprint density at radius 3 is 3.18 bits per heavy atom. The molecule has 0 atom stereocenters. The lowest BCUT2D eigenvalue weighted by molar-refractivity contribution is 0.0603. The van der Waals surface area contributed by atoms with Crippen LogP contribution < -0.4 is 5.48 Å². The highest BCUT2D eigenvalue weighted by molar-refractivity contribution is 5.08. The van der Waals surface area contributed by atoms with Crippen LogP contribution in [0.15, 0.2) is 24.5 Å². The molecule has 1 aromatic heterocycles. The van der Waals surface area contributed by atoms with E-state index < -0.39 is 0 Å². The summed E-state index contributed by atoms with van der Waals surface area (Å²) in [6.45, 7) is 0.683. The van der Waals surface area contributed by atoms with E-state index in [2.05, 4.69) is 10.5 Å². The van der Waals surface area contributed by atoms with Crippen LogP contribution >= 0.6 is 0 Å². The number of rotatable bonds is 4. The number of hydrogen-bond acceptors (Lipinski definition) is 3. The van der Waals surface area contributed by atoms with Gasteiger partial charge in [0.05, 0.1) is 6.61 Å². The number of pyridine rings is 1. The van der Waals surface area contributed by atoms with E-state index in [0.717, 1.165) is 6.42 Å². The van der Waals surface area contributed by atoms with Crippen molar-refractivity contribution in [1.82, 2.24) is 10.5 Å². The van der Waals surface area contributed by atoms with Gasteiger partial charge >= 0.3 is 0 Å². The molecule has 0 spiro atoms. The van der Waals surface area contributed by atoms with Crippen molar-refractivity contribution in [2.75, 3.05) is 13.7 Å². The second-order valence-electron chi connectivity index (χ2n) is 2.16. The predicted octanol–water partition coefficient (Wildman–Crippen LogP) is 0.775. The highest BCUT2D eigenvalue weighted by Gasteiger charge is 1.90. The van der Waals surface area contributed by atoms with Gasteiger partial charge in [0.2, 0.25) is 0 Å². The highest BCUT2D eigenvalue weighted by Crippen LogP contribution is 1.95. The number of hydroxylamine groups is 1. The van der Waals surface area contributed by atoms with Crippen LogP contribution in [0, 0.1) is 0 Å². The third-order valence-corrected chi connectivity index (χ3v) is 1.36. The molecule has 1 heterocycles. The Kier molecular flexibility index (Phi) is 3.58. The summed E-state index contributed by atoms with van der Waals surface area (Å²) in [5, 5.41) is 0. The van der Waals surface area contributed by atoms with Crippen molar-refractivity contribution in [3.63, 3.8) is 0 Å². The van der Waals surface area contributed by atoms with E-state index in [0.29, 0.717) is 6.61 Å². The molecule has 0 aromatic carbocycles. The summed E-state index contributed by atoms with van der Waals surface area (Å²) >= 11 is 0. The third kappa shape index (κ3) is 3.11. The van der Waals surface area contributed by atoms with Crippen LogP contribution in [0.4, 0.5) is 0 Å². The van der Waals surface area contributed by atoms with Crippen LogP contribution in [-0.4, -0.2) is 18.6 Å². The molecule has 0 fully saturated rings. The average Bonchev–Trinajstić information content (AvgIpc) is 2.07. The van der Waals surface area contributed by atoms with Gasteiger partial charge in [-0.25, -0.2) is 5.48 Å². The summed E-state index contributed by atoms with van der Waals surface area (Å²) in [5.41, 5.74) is 3.81. The zero-order valence-corrected chi connectivity index (χ0v) is 6.58. The van der Waals surface area contributed by atoms with E-state index in [4.69, 9.17) is 4.84 Å². The molecule has 0 aliphatic carbocycles. The van der Waals surface area contributed by atoms with Crippen molar-refractivity contribution in [2.45, 2.75) is 6.42 Å². The minimum Gasteiger partial charge on any atom is -0.302 e. The van der Waals surface area contributed by atoms with Crippen molar-refractivity contribution in [3.8, 4) is 0 Å². The lowest BCUT2D eigenvalue weighted by atomic mass is 10.2. The quantitative estimate of drug-likeness (QED) is 0.511.